The Morgan fingerprint density at radius 1 is 1.00 bits per heavy atom. The van der Waals surface area contributed by atoms with Crippen LogP contribution in [0.15, 0.2) is 48.5 Å². The quantitative estimate of drug-likeness (QED) is 0.811. The first-order chi connectivity index (χ1) is 13.5. The number of anilines is 3. The summed E-state index contributed by atoms with van der Waals surface area (Å²) in [5.41, 5.74) is 3.87. The summed E-state index contributed by atoms with van der Waals surface area (Å²) >= 11 is 0. The summed E-state index contributed by atoms with van der Waals surface area (Å²) < 4.78 is 0. The molecule has 1 fully saturated rings. The molecular weight excluding hydrogens is 350 g/mol. The molecule has 3 rings (SSSR count). The average molecular weight is 380 g/mol. The van der Waals surface area contributed by atoms with Crippen LogP contribution < -0.4 is 15.1 Å². The molecule has 0 bridgehead atoms. The second-order valence-corrected chi connectivity index (χ2v) is 7.35. The third-order valence-corrected chi connectivity index (χ3v) is 5.22. The van der Waals surface area contributed by atoms with E-state index in [2.05, 4.69) is 22.3 Å². The van der Waals surface area contributed by atoms with E-state index < -0.39 is 0 Å². The zero-order valence-corrected chi connectivity index (χ0v) is 16.8. The predicted octanol–water partition coefficient (Wildman–Crippen LogP) is 4.37. The molecule has 0 aliphatic carbocycles. The van der Waals surface area contributed by atoms with Crippen molar-refractivity contribution >= 4 is 28.9 Å². The van der Waals surface area contributed by atoms with Gasteiger partial charge >= 0.3 is 0 Å². The number of carbonyl (C=O) groups excluding carboxylic acids is 2. The SMILES string of the molecule is CC(=O)N(CCC(=O)Nc1ccc(N2CCCCC2)cc1)c1ccccc1C. The number of piperidine rings is 1. The Morgan fingerprint density at radius 2 is 1.68 bits per heavy atom. The van der Waals surface area contributed by atoms with Crippen LogP contribution in [-0.4, -0.2) is 31.4 Å². The van der Waals surface area contributed by atoms with Gasteiger partial charge in [0, 0.05) is 50.0 Å². The highest BCUT2D eigenvalue weighted by atomic mass is 16.2. The van der Waals surface area contributed by atoms with E-state index in [1.807, 2.05) is 43.3 Å². The third kappa shape index (κ3) is 5.12. The Hall–Kier alpha value is -2.82. The molecule has 148 valence electrons. The molecule has 0 spiro atoms. The van der Waals surface area contributed by atoms with Gasteiger partial charge in [0.25, 0.3) is 0 Å². The number of benzene rings is 2. The Labute approximate surface area is 167 Å². The molecule has 1 N–H and O–H groups in total. The second-order valence-electron chi connectivity index (χ2n) is 7.35. The molecule has 2 aromatic carbocycles. The lowest BCUT2D eigenvalue weighted by molar-refractivity contribution is -0.117. The van der Waals surface area contributed by atoms with Crippen LogP contribution in [-0.2, 0) is 9.59 Å². The number of nitrogens with zero attached hydrogens (tertiary/aromatic N) is 2. The largest absolute Gasteiger partial charge is 0.372 e. The molecule has 28 heavy (non-hydrogen) atoms. The van der Waals surface area contributed by atoms with Crippen LogP contribution in [0, 0.1) is 6.92 Å². The van der Waals surface area contributed by atoms with E-state index in [0.29, 0.717) is 6.54 Å². The summed E-state index contributed by atoms with van der Waals surface area (Å²) in [7, 11) is 0. The number of amides is 2. The van der Waals surface area contributed by atoms with Crippen molar-refractivity contribution in [1.29, 1.82) is 0 Å². The topological polar surface area (TPSA) is 52.7 Å². The van der Waals surface area contributed by atoms with Crippen molar-refractivity contribution in [3.63, 3.8) is 0 Å². The van der Waals surface area contributed by atoms with Crippen molar-refractivity contribution in [2.24, 2.45) is 0 Å². The molecule has 2 aromatic rings. The van der Waals surface area contributed by atoms with E-state index in [1.54, 1.807) is 4.90 Å². The number of aryl methyl sites for hydroxylation is 1. The summed E-state index contributed by atoms with van der Waals surface area (Å²) in [5.74, 6) is -0.154. The summed E-state index contributed by atoms with van der Waals surface area (Å²) in [6.07, 6.45) is 4.05. The van der Waals surface area contributed by atoms with Gasteiger partial charge in [-0.25, -0.2) is 0 Å². The van der Waals surface area contributed by atoms with E-state index in [0.717, 1.165) is 30.0 Å². The standard InChI is InChI=1S/C23H29N3O2/c1-18-8-4-5-9-22(18)26(19(2)27)17-14-23(28)24-20-10-12-21(13-11-20)25-15-6-3-7-16-25/h4-5,8-13H,3,6-7,14-17H2,1-2H3,(H,24,28). The van der Waals surface area contributed by atoms with Gasteiger partial charge in [0.2, 0.25) is 11.8 Å². The van der Waals surface area contributed by atoms with Gasteiger partial charge in [0.05, 0.1) is 0 Å². The first-order valence-electron chi connectivity index (χ1n) is 10.0. The van der Waals surface area contributed by atoms with Crippen molar-refractivity contribution in [3.8, 4) is 0 Å². The summed E-state index contributed by atoms with van der Waals surface area (Å²) in [6.45, 7) is 6.06. The number of nitrogens with one attached hydrogen (secondary N) is 1. The molecule has 0 unspecified atom stereocenters. The Balaban J connectivity index is 1.56. The summed E-state index contributed by atoms with van der Waals surface area (Å²) in [5, 5.41) is 2.94. The number of para-hydroxylation sites is 1. The van der Waals surface area contributed by atoms with Crippen LogP contribution in [0.2, 0.25) is 0 Å². The second kappa shape index (κ2) is 9.40. The van der Waals surface area contributed by atoms with E-state index in [1.165, 1.54) is 31.9 Å². The van der Waals surface area contributed by atoms with Crippen LogP contribution in [0.5, 0.6) is 0 Å². The molecule has 2 amide bonds. The van der Waals surface area contributed by atoms with Crippen molar-refractivity contribution in [2.45, 2.75) is 39.5 Å². The monoisotopic (exact) mass is 379 g/mol. The van der Waals surface area contributed by atoms with Crippen LogP contribution in [0.1, 0.15) is 38.2 Å². The molecule has 5 nitrogen and oxygen atoms in total. The highest BCUT2D eigenvalue weighted by molar-refractivity contribution is 5.95. The molecule has 1 saturated heterocycles. The first-order valence-corrected chi connectivity index (χ1v) is 10.0. The number of rotatable bonds is 6. The molecule has 0 atom stereocenters. The normalized spacial score (nSPS) is 13.9. The minimum atomic E-state index is -0.0921. The van der Waals surface area contributed by atoms with Gasteiger partial charge in [-0.05, 0) is 62.1 Å². The lowest BCUT2D eigenvalue weighted by Crippen LogP contribution is -2.32. The van der Waals surface area contributed by atoms with Gasteiger partial charge < -0.3 is 15.1 Å². The van der Waals surface area contributed by atoms with Crippen molar-refractivity contribution in [1.82, 2.24) is 0 Å². The van der Waals surface area contributed by atoms with Crippen molar-refractivity contribution in [3.05, 3.63) is 54.1 Å². The highest BCUT2D eigenvalue weighted by Gasteiger charge is 2.15. The highest BCUT2D eigenvalue weighted by Crippen LogP contribution is 2.22. The smallest absolute Gasteiger partial charge is 0.226 e. The van der Waals surface area contributed by atoms with Gasteiger partial charge in [0.1, 0.15) is 0 Å². The summed E-state index contributed by atoms with van der Waals surface area (Å²) in [4.78, 5) is 28.5. The molecule has 1 aliphatic rings. The van der Waals surface area contributed by atoms with Crippen LogP contribution in [0.4, 0.5) is 17.1 Å². The van der Waals surface area contributed by atoms with Crippen LogP contribution >= 0.6 is 0 Å². The zero-order chi connectivity index (χ0) is 19.9. The van der Waals surface area contributed by atoms with Crippen molar-refractivity contribution < 1.29 is 9.59 Å². The Bertz CT molecular complexity index is 811. The predicted molar refractivity (Wildman–Crippen MR) is 115 cm³/mol. The first kappa shape index (κ1) is 19.9. The molecule has 1 aliphatic heterocycles. The van der Waals surface area contributed by atoms with Gasteiger partial charge in [-0.2, -0.15) is 0 Å². The van der Waals surface area contributed by atoms with E-state index >= 15 is 0 Å². The molecule has 0 radical (unpaired) electrons. The van der Waals surface area contributed by atoms with E-state index in [9.17, 15) is 9.59 Å². The molecule has 5 heteroatoms. The fourth-order valence-corrected chi connectivity index (χ4v) is 3.66. The third-order valence-electron chi connectivity index (χ3n) is 5.22. The molecule has 0 aromatic heterocycles. The van der Waals surface area contributed by atoms with E-state index in [-0.39, 0.29) is 18.2 Å². The zero-order valence-electron chi connectivity index (χ0n) is 16.8. The maximum absolute atomic E-state index is 12.4. The van der Waals surface area contributed by atoms with Gasteiger partial charge in [-0.3, -0.25) is 9.59 Å². The number of carbonyl (C=O) groups is 2. The van der Waals surface area contributed by atoms with Crippen LogP contribution in [0.25, 0.3) is 0 Å². The van der Waals surface area contributed by atoms with Gasteiger partial charge in [0.15, 0.2) is 0 Å². The molecule has 1 heterocycles. The Kier molecular flexibility index (Phi) is 6.69. The van der Waals surface area contributed by atoms with Gasteiger partial charge in [-0.15, -0.1) is 0 Å². The van der Waals surface area contributed by atoms with E-state index in [4.69, 9.17) is 0 Å². The van der Waals surface area contributed by atoms with Crippen LogP contribution in [0.3, 0.4) is 0 Å². The average Bonchev–Trinajstić information content (AvgIpc) is 2.70. The molecule has 0 saturated carbocycles. The number of hydrogen-bond acceptors (Lipinski definition) is 3. The molecular formula is C23H29N3O2. The minimum Gasteiger partial charge on any atom is -0.372 e. The fourth-order valence-electron chi connectivity index (χ4n) is 3.66. The fraction of sp³-hybridized carbons (Fsp3) is 0.391. The summed E-state index contributed by atoms with van der Waals surface area (Å²) in [6, 6.07) is 15.8. The van der Waals surface area contributed by atoms with Crippen molar-refractivity contribution in [2.75, 3.05) is 34.8 Å². The maximum Gasteiger partial charge on any atom is 0.226 e. The Morgan fingerprint density at radius 3 is 2.32 bits per heavy atom. The maximum atomic E-state index is 12.4. The van der Waals surface area contributed by atoms with Gasteiger partial charge in [-0.1, -0.05) is 18.2 Å². The minimum absolute atomic E-state index is 0.0621. The lowest BCUT2D eigenvalue weighted by Gasteiger charge is -2.28. The lowest BCUT2D eigenvalue weighted by atomic mass is 10.1. The number of hydrogen-bond donors (Lipinski definition) is 1.